The Morgan fingerprint density at radius 1 is 1.04 bits per heavy atom. The van der Waals surface area contributed by atoms with E-state index in [1.807, 2.05) is 4.90 Å². The minimum absolute atomic E-state index is 0.107. The molecule has 1 saturated heterocycles. The number of halogens is 1. The predicted octanol–water partition coefficient (Wildman–Crippen LogP) is 2.38. The third kappa shape index (κ3) is 3.83. The summed E-state index contributed by atoms with van der Waals surface area (Å²) in [6.45, 7) is 2.93. The van der Waals surface area contributed by atoms with Crippen LogP contribution in [0.25, 0.3) is 0 Å². The van der Waals surface area contributed by atoms with E-state index in [0.29, 0.717) is 19.0 Å². The maximum atomic E-state index is 13.0. The van der Waals surface area contributed by atoms with Crippen molar-refractivity contribution in [1.82, 2.24) is 4.90 Å². The lowest BCUT2D eigenvalue weighted by atomic mass is 9.83. The first kappa shape index (κ1) is 16.2. The Hall–Kier alpha value is -1.62. The summed E-state index contributed by atoms with van der Waals surface area (Å²) in [6, 6.07) is 6.20. The molecule has 0 unspecified atom stereocenters. The van der Waals surface area contributed by atoms with E-state index in [0.717, 1.165) is 31.6 Å². The van der Waals surface area contributed by atoms with Crippen LogP contribution in [0.1, 0.15) is 32.1 Å². The molecule has 3 rings (SSSR count). The molecule has 1 amide bonds. The Kier molecular flexibility index (Phi) is 5.16. The molecule has 2 N–H and O–H groups in total. The average molecular weight is 319 g/mol. The molecule has 0 aromatic heterocycles. The molecule has 2 fully saturated rings. The van der Waals surface area contributed by atoms with E-state index in [-0.39, 0.29) is 17.8 Å². The van der Waals surface area contributed by atoms with Crippen molar-refractivity contribution in [1.29, 1.82) is 0 Å². The number of piperazine rings is 1. The number of anilines is 1. The van der Waals surface area contributed by atoms with Gasteiger partial charge in [-0.3, -0.25) is 4.79 Å². The Morgan fingerprint density at radius 2 is 1.65 bits per heavy atom. The lowest BCUT2D eigenvalue weighted by Crippen LogP contribution is -2.55. The van der Waals surface area contributed by atoms with Crippen molar-refractivity contribution in [2.45, 2.75) is 38.1 Å². The lowest BCUT2D eigenvalue weighted by molar-refractivity contribution is -0.134. The van der Waals surface area contributed by atoms with E-state index in [1.54, 1.807) is 12.1 Å². The summed E-state index contributed by atoms with van der Waals surface area (Å²) in [6.07, 6.45) is 5.84. The van der Waals surface area contributed by atoms with Crippen LogP contribution in [0.5, 0.6) is 0 Å². The van der Waals surface area contributed by atoms with Crippen LogP contribution in [0.4, 0.5) is 10.1 Å². The Bertz CT molecular complexity index is 520. The largest absolute Gasteiger partial charge is 0.368 e. The number of carbonyl (C=O) groups excluding carboxylic acids is 1. The zero-order chi connectivity index (χ0) is 16.2. The summed E-state index contributed by atoms with van der Waals surface area (Å²) in [5.74, 6) is 0.239. The summed E-state index contributed by atoms with van der Waals surface area (Å²) in [5.41, 5.74) is 7.25. The minimum Gasteiger partial charge on any atom is -0.368 e. The van der Waals surface area contributed by atoms with E-state index in [1.165, 1.54) is 31.4 Å². The van der Waals surface area contributed by atoms with E-state index in [2.05, 4.69) is 4.90 Å². The number of benzene rings is 1. The second-order valence-corrected chi connectivity index (χ2v) is 6.71. The molecule has 1 saturated carbocycles. The Balaban J connectivity index is 1.53. The van der Waals surface area contributed by atoms with Crippen molar-refractivity contribution in [3.05, 3.63) is 30.1 Å². The quantitative estimate of drug-likeness (QED) is 0.930. The highest BCUT2D eigenvalue weighted by Gasteiger charge is 2.31. The number of rotatable bonds is 3. The fourth-order valence-corrected chi connectivity index (χ4v) is 3.74. The SMILES string of the molecule is N[C@H](C(=O)N1CCN(c2ccc(F)cc2)CC1)C1CCCCC1. The number of nitrogens with zero attached hydrogens (tertiary/aromatic N) is 2. The van der Waals surface area contributed by atoms with Crippen LogP contribution < -0.4 is 10.6 Å². The van der Waals surface area contributed by atoms with E-state index in [4.69, 9.17) is 5.73 Å². The fourth-order valence-electron chi connectivity index (χ4n) is 3.74. The average Bonchev–Trinajstić information content (AvgIpc) is 2.62. The molecule has 5 heteroatoms. The van der Waals surface area contributed by atoms with Gasteiger partial charge in [0.15, 0.2) is 0 Å². The Morgan fingerprint density at radius 3 is 2.26 bits per heavy atom. The minimum atomic E-state index is -0.340. The van der Waals surface area contributed by atoms with Crippen molar-refractivity contribution in [3.8, 4) is 0 Å². The van der Waals surface area contributed by atoms with Gasteiger partial charge in [0.05, 0.1) is 6.04 Å². The zero-order valence-corrected chi connectivity index (χ0v) is 13.6. The van der Waals surface area contributed by atoms with Crippen LogP contribution in [-0.4, -0.2) is 43.0 Å². The molecule has 126 valence electrons. The molecule has 2 aliphatic rings. The summed E-state index contributed by atoms with van der Waals surface area (Å²) in [7, 11) is 0. The van der Waals surface area contributed by atoms with E-state index < -0.39 is 0 Å². The van der Waals surface area contributed by atoms with Crippen molar-refractivity contribution in [2.24, 2.45) is 11.7 Å². The predicted molar refractivity (Wildman–Crippen MR) is 89.7 cm³/mol. The van der Waals surface area contributed by atoms with Crippen LogP contribution in [0.15, 0.2) is 24.3 Å². The fraction of sp³-hybridized carbons (Fsp3) is 0.611. The van der Waals surface area contributed by atoms with Gasteiger partial charge in [-0.1, -0.05) is 19.3 Å². The van der Waals surface area contributed by atoms with Crippen LogP contribution in [0.3, 0.4) is 0 Å². The molecule has 1 aromatic carbocycles. The van der Waals surface area contributed by atoms with Gasteiger partial charge in [0, 0.05) is 31.9 Å². The van der Waals surface area contributed by atoms with Gasteiger partial charge in [0.1, 0.15) is 5.82 Å². The molecule has 1 aromatic rings. The second-order valence-electron chi connectivity index (χ2n) is 6.71. The molecule has 1 aliphatic carbocycles. The molecule has 0 bridgehead atoms. The molecule has 1 aliphatic heterocycles. The molecular formula is C18H26FN3O. The number of hydrogen-bond donors (Lipinski definition) is 1. The van der Waals surface area contributed by atoms with E-state index in [9.17, 15) is 9.18 Å². The van der Waals surface area contributed by atoms with Crippen LogP contribution in [0, 0.1) is 11.7 Å². The maximum absolute atomic E-state index is 13.0. The molecule has 1 heterocycles. The van der Waals surface area contributed by atoms with Gasteiger partial charge in [-0.2, -0.15) is 0 Å². The number of hydrogen-bond acceptors (Lipinski definition) is 3. The first-order valence-corrected chi connectivity index (χ1v) is 8.70. The lowest BCUT2D eigenvalue weighted by Gasteiger charge is -2.38. The van der Waals surface area contributed by atoms with Crippen molar-refractivity contribution < 1.29 is 9.18 Å². The van der Waals surface area contributed by atoms with Crippen LogP contribution in [0.2, 0.25) is 0 Å². The summed E-state index contributed by atoms with van der Waals surface area (Å²) >= 11 is 0. The highest BCUT2D eigenvalue weighted by Crippen LogP contribution is 2.27. The van der Waals surface area contributed by atoms with Gasteiger partial charge < -0.3 is 15.5 Å². The smallest absolute Gasteiger partial charge is 0.239 e. The number of nitrogens with two attached hydrogens (primary N) is 1. The standard InChI is InChI=1S/C18H26FN3O/c19-15-6-8-16(9-7-15)21-10-12-22(13-11-21)18(23)17(20)14-4-2-1-3-5-14/h6-9,14,17H,1-5,10-13,20H2/t17-/m0/s1. The maximum Gasteiger partial charge on any atom is 0.239 e. The topological polar surface area (TPSA) is 49.6 Å². The van der Waals surface area contributed by atoms with Gasteiger partial charge in [-0.15, -0.1) is 0 Å². The van der Waals surface area contributed by atoms with Crippen molar-refractivity contribution >= 4 is 11.6 Å². The molecule has 4 nitrogen and oxygen atoms in total. The van der Waals surface area contributed by atoms with Gasteiger partial charge in [0.2, 0.25) is 5.91 Å². The monoisotopic (exact) mass is 319 g/mol. The third-order valence-electron chi connectivity index (χ3n) is 5.23. The van der Waals surface area contributed by atoms with Gasteiger partial charge in [-0.25, -0.2) is 4.39 Å². The molecule has 1 atom stereocenters. The third-order valence-corrected chi connectivity index (χ3v) is 5.23. The van der Waals surface area contributed by atoms with E-state index >= 15 is 0 Å². The second kappa shape index (κ2) is 7.30. The van der Waals surface area contributed by atoms with Gasteiger partial charge in [0.25, 0.3) is 0 Å². The van der Waals surface area contributed by atoms with Crippen LogP contribution >= 0.6 is 0 Å². The number of carbonyl (C=O) groups is 1. The highest BCUT2D eigenvalue weighted by molar-refractivity contribution is 5.82. The van der Waals surface area contributed by atoms with Crippen LogP contribution in [-0.2, 0) is 4.79 Å². The summed E-state index contributed by atoms with van der Waals surface area (Å²) in [4.78, 5) is 16.7. The normalized spacial score (nSPS) is 21.3. The molecule has 0 radical (unpaired) electrons. The molecular weight excluding hydrogens is 293 g/mol. The Labute approximate surface area is 137 Å². The summed E-state index contributed by atoms with van der Waals surface area (Å²) < 4.78 is 13.0. The van der Waals surface area contributed by atoms with Gasteiger partial charge in [-0.05, 0) is 43.0 Å². The van der Waals surface area contributed by atoms with Crippen molar-refractivity contribution in [3.63, 3.8) is 0 Å². The highest BCUT2D eigenvalue weighted by atomic mass is 19.1. The van der Waals surface area contributed by atoms with Gasteiger partial charge >= 0.3 is 0 Å². The first-order valence-electron chi connectivity index (χ1n) is 8.70. The number of amides is 1. The first-order chi connectivity index (χ1) is 11.1. The van der Waals surface area contributed by atoms with Crippen molar-refractivity contribution in [2.75, 3.05) is 31.1 Å². The molecule has 23 heavy (non-hydrogen) atoms. The zero-order valence-electron chi connectivity index (χ0n) is 13.6. The molecule has 0 spiro atoms. The summed E-state index contributed by atoms with van der Waals surface area (Å²) in [5, 5.41) is 0.